The van der Waals surface area contributed by atoms with E-state index in [0.29, 0.717) is 6.42 Å². The highest BCUT2D eigenvalue weighted by atomic mass is 32.2. The van der Waals surface area contributed by atoms with Crippen LogP contribution in [0.25, 0.3) is 0 Å². The van der Waals surface area contributed by atoms with Gasteiger partial charge in [-0.05, 0) is 79.6 Å². The van der Waals surface area contributed by atoms with Gasteiger partial charge in [-0.2, -0.15) is 0 Å². The number of benzene rings is 3. The lowest BCUT2D eigenvalue weighted by Crippen LogP contribution is -2.32. The molecule has 1 aliphatic rings. The minimum atomic E-state index is -0.526. The van der Waals surface area contributed by atoms with Crippen molar-refractivity contribution >= 4 is 23.4 Å². The third-order valence-electron chi connectivity index (χ3n) is 5.38. The molecule has 30 heavy (non-hydrogen) atoms. The van der Waals surface area contributed by atoms with Crippen LogP contribution < -0.4 is 10.1 Å². The zero-order valence-electron chi connectivity index (χ0n) is 17.3. The van der Waals surface area contributed by atoms with Crippen molar-refractivity contribution in [3.05, 3.63) is 83.9 Å². The second-order valence-electron chi connectivity index (χ2n) is 7.55. The Bertz CT molecular complexity index is 1000. The Morgan fingerprint density at radius 1 is 0.967 bits per heavy atom. The Balaban J connectivity index is 1.46. The molecule has 0 fully saturated rings. The molecular formula is C26H27NO2S. The van der Waals surface area contributed by atoms with Gasteiger partial charge in [0.15, 0.2) is 6.10 Å². The SMILES string of the molecule is CCC(Oc1ccc2c(c1)CCCC2)C(=O)Nc1ccccc1Sc1ccccc1. The fourth-order valence-corrected chi connectivity index (χ4v) is 4.68. The van der Waals surface area contributed by atoms with Crippen LogP contribution in [0.5, 0.6) is 5.75 Å². The van der Waals surface area contributed by atoms with E-state index in [1.807, 2.05) is 55.5 Å². The van der Waals surface area contributed by atoms with E-state index in [4.69, 9.17) is 4.74 Å². The minimum Gasteiger partial charge on any atom is -0.481 e. The number of fused-ring (bicyclic) bond motifs is 1. The van der Waals surface area contributed by atoms with E-state index in [0.717, 1.165) is 34.1 Å². The maximum absolute atomic E-state index is 13.0. The van der Waals surface area contributed by atoms with Crippen LogP contribution in [0.2, 0.25) is 0 Å². The molecule has 1 N–H and O–H groups in total. The summed E-state index contributed by atoms with van der Waals surface area (Å²) in [7, 11) is 0. The molecular weight excluding hydrogens is 390 g/mol. The van der Waals surface area contributed by atoms with Crippen molar-refractivity contribution in [1.29, 1.82) is 0 Å². The number of aryl methyl sites for hydroxylation is 2. The number of anilines is 1. The maximum atomic E-state index is 13.0. The third kappa shape index (κ3) is 5.06. The van der Waals surface area contributed by atoms with Crippen molar-refractivity contribution in [1.82, 2.24) is 0 Å². The van der Waals surface area contributed by atoms with Crippen LogP contribution in [0, 0.1) is 0 Å². The molecule has 0 saturated heterocycles. The summed E-state index contributed by atoms with van der Waals surface area (Å²) >= 11 is 1.64. The topological polar surface area (TPSA) is 38.3 Å². The first-order valence-corrected chi connectivity index (χ1v) is 11.5. The monoisotopic (exact) mass is 417 g/mol. The minimum absolute atomic E-state index is 0.115. The van der Waals surface area contributed by atoms with Crippen molar-refractivity contribution < 1.29 is 9.53 Å². The summed E-state index contributed by atoms with van der Waals surface area (Å²) in [6, 6.07) is 24.3. The molecule has 3 aromatic carbocycles. The predicted molar refractivity (Wildman–Crippen MR) is 123 cm³/mol. The fourth-order valence-electron chi connectivity index (χ4n) is 3.76. The van der Waals surface area contributed by atoms with E-state index >= 15 is 0 Å². The lowest BCUT2D eigenvalue weighted by atomic mass is 9.92. The first-order chi connectivity index (χ1) is 14.7. The molecule has 4 heteroatoms. The van der Waals surface area contributed by atoms with Crippen molar-refractivity contribution in [3.63, 3.8) is 0 Å². The third-order valence-corrected chi connectivity index (χ3v) is 6.46. The van der Waals surface area contributed by atoms with Gasteiger partial charge in [0.05, 0.1) is 5.69 Å². The van der Waals surface area contributed by atoms with Gasteiger partial charge >= 0.3 is 0 Å². The number of carbonyl (C=O) groups is 1. The van der Waals surface area contributed by atoms with Gasteiger partial charge in [-0.1, -0.05) is 55.1 Å². The van der Waals surface area contributed by atoms with Gasteiger partial charge in [0.2, 0.25) is 0 Å². The number of ether oxygens (including phenoxy) is 1. The zero-order valence-corrected chi connectivity index (χ0v) is 18.1. The molecule has 0 heterocycles. The average Bonchev–Trinajstić information content (AvgIpc) is 2.79. The van der Waals surface area contributed by atoms with Crippen molar-refractivity contribution in [3.8, 4) is 5.75 Å². The maximum Gasteiger partial charge on any atom is 0.265 e. The first-order valence-electron chi connectivity index (χ1n) is 10.6. The van der Waals surface area contributed by atoms with Crippen LogP contribution >= 0.6 is 11.8 Å². The molecule has 0 aliphatic heterocycles. The van der Waals surface area contributed by atoms with Gasteiger partial charge in [-0.3, -0.25) is 4.79 Å². The van der Waals surface area contributed by atoms with E-state index in [1.54, 1.807) is 11.8 Å². The molecule has 0 aromatic heterocycles. The number of nitrogens with one attached hydrogen (secondary N) is 1. The zero-order chi connectivity index (χ0) is 20.8. The van der Waals surface area contributed by atoms with Crippen molar-refractivity contribution in [2.75, 3.05) is 5.32 Å². The van der Waals surface area contributed by atoms with Crippen LogP contribution in [0.3, 0.4) is 0 Å². The normalized spacial score (nSPS) is 13.9. The summed E-state index contributed by atoms with van der Waals surface area (Å²) in [5.41, 5.74) is 3.58. The van der Waals surface area contributed by atoms with E-state index in [-0.39, 0.29) is 5.91 Å². The quantitative estimate of drug-likeness (QED) is 0.476. The molecule has 1 amide bonds. The Hall–Kier alpha value is -2.72. The summed E-state index contributed by atoms with van der Waals surface area (Å²) in [6.07, 6.45) is 4.80. The Labute approximate surface area is 182 Å². The number of para-hydroxylation sites is 1. The van der Waals surface area contributed by atoms with Crippen molar-refractivity contribution in [2.45, 2.75) is 54.9 Å². The highest BCUT2D eigenvalue weighted by Crippen LogP contribution is 2.33. The lowest BCUT2D eigenvalue weighted by Gasteiger charge is -2.21. The molecule has 4 rings (SSSR count). The highest BCUT2D eigenvalue weighted by molar-refractivity contribution is 7.99. The molecule has 0 spiro atoms. The molecule has 0 saturated carbocycles. The van der Waals surface area contributed by atoms with E-state index < -0.39 is 6.10 Å². The van der Waals surface area contributed by atoms with Gasteiger partial charge in [0.25, 0.3) is 5.91 Å². The van der Waals surface area contributed by atoms with Crippen LogP contribution in [-0.4, -0.2) is 12.0 Å². The summed E-state index contributed by atoms with van der Waals surface area (Å²) in [4.78, 5) is 15.1. The van der Waals surface area contributed by atoms with E-state index in [1.165, 1.54) is 24.0 Å². The largest absolute Gasteiger partial charge is 0.481 e. The molecule has 1 unspecified atom stereocenters. The lowest BCUT2D eigenvalue weighted by molar-refractivity contribution is -0.122. The highest BCUT2D eigenvalue weighted by Gasteiger charge is 2.20. The van der Waals surface area contributed by atoms with Crippen LogP contribution in [-0.2, 0) is 17.6 Å². The van der Waals surface area contributed by atoms with Crippen molar-refractivity contribution in [2.24, 2.45) is 0 Å². The number of carbonyl (C=O) groups excluding carboxylic acids is 1. The molecule has 3 aromatic rings. The molecule has 1 aliphatic carbocycles. The van der Waals surface area contributed by atoms with E-state index in [9.17, 15) is 4.79 Å². The van der Waals surface area contributed by atoms with Crippen LogP contribution in [0.15, 0.2) is 82.6 Å². The second-order valence-corrected chi connectivity index (χ2v) is 8.67. The van der Waals surface area contributed by atoms with Gasteiger partial charge in [0, 0.05) is 9.79 Å². The Morgan fingerprint density at radius 3 is 2.50 bits per heavy atom. The van der Waals surface area contributed by atoms with Crippen LogP contribution in [0.1, 0.15) is 37.3 Å². The van der Waals surface area contributed by atoms with Crippen LogP contribution in [0.4, 0.5) is 5.69 Å². The second kappa shape index (κ2) is 9.86. The van der Waals surface area contributed by atoms with Gasteiger partial charge in [-0.25, -0.2) is 0 Å². The standard InChI is InChI=1S/C26H27NO2S/c1-2-24(29-21-17-16-19-10-6-7-11-20(19)18-21)26(28)27-23-14-8-9-15-25(23)30-22-12-4-3-5-13-22/h3-5,8-9,12-18,24H,2,6-7,10-11H2,1H3,(H,27,28). The number of hydrogen-bond donors (Lipinski definition) is 1. The predicted octanol–water partition coefficient (Wildman–Crippen LogP) is 6.51. The number of rotatable bonds is 7. The summed E-state index contributed by atoms with van der Waals surface area (Å²) in [6.45, 7) is 1.98. The smallest absolute Gasteiger partial charge is 0.265 e. The Kier molecular flexibility index (Phi) is 6.75. The molecule has 154 valence electrons. The summed E-state index contributed by atoms with van der Waals surface area (Å²) in [5, 5.41) is 3.08. The average molecular weight is 418 g/mol. The molecule has 0 bridgehead atoms. The van der Waals surface area contributed by atoms with Gasteiger partial charge in [-0.15, -0.1) is 0 Å². The molecule has 0 radical (unpaired) electrons. The summed E-state index contributed by atoms with van der Waals surface area (Å²) < 4.78 is 6.10. The van der Waals surface area contributed by atoms with Gasteiger partial charge in [0.1, 0.15) is 5.75 Å². The van der Waals surface area contributed by atoms with Gasteiger partial charge < -0.3 is 10.1 Å². The Morgan fingerprint density at radius 2 is 1.70 bits per heavy atom. The summed E-state index contributed by atoms with van der Waals surface area (Å²) in [5.74, 6) is 0.668. The number of amides is 1. The molecule has 3 nitrogen and oxygen atoms in total. The first kappa shape index (κ1) is 20.5. The molecule has 1 atom stereocenters. The number of hydrogen-bond acceptors (Lipinski definition) is 3. The van der Waals surface area contributed by atoms with E-state index in [2.05, 4.69) is 29.6 Å². The fraction of sp³-hybridized carbons (Fsp3) is 0.269.